The predicted octanol–water partition coefficient (Wildman–Crippen LogP) is 5.49. The van der Waals surface area contributed by atoms with E-state index >= 15 is 0 Å². The number of halogens is 1. The van der Waals surface area contributed by atoms with Gasteiger partial charge in [0.05, 0.1) is 18.9 Å². The van der Waals surface area contributed by atoms with E-state index in [9.17, 15) is 4.79 Å². The van der Waals surface area contributed by atoms with Gasteiger partial charge in [0, 0.05) is 10.8 Å². The molecule has 140 valence electrons. The molecule has 5 heteroatoms. The van der Waals surface area contributed by atoms with Crippen molar-refractivity contribution < 1.29 is 9.53 Å². The Kier molecular flexibility index (Phi) is 8.33. The van der Waals surface area contributed by atoms with Gasteiger partial charge in [-0.05, 0) is 47.7 Å². The smallest absolute Gasteiger partial charge is 0.230 e. The van der Waals surface area contributed by atoms with Gasteiger partial charge in [-0.15, -0.1) is 11.8 Å². The largest absolute Gasteiger partial charge is 0.497 e. The molecule has 0 aliphatic rings. The summed E-state index contributed by atoms with van der Waals surface area (Å²) in [5.41, 5.74) is 2.23. The van der Waals surface area contributed by atoms with Gasteiger partial charge in [0.2, 0.25) is 5.91 Å². The van der Waals surface area contributed by atoms with E-state index in [1.807, 2.05) is 48.5 Å². The SMILES string of the molecule is COc1ccc(C(CC(C)C)NC(=O)CSCc2cccc(Cl)c2)cc1. The molecule has 1 atom stereocenters. The van der Waals surface area contributed by atoms with Crippen molar-refractivity contribution in [3.8, 4) is 5.75 Å². The minimum Gasteiger partial charge on any atom is -0.497 e. The fourth-order valence-corrected chi connectivity index (χ4v) is 3.71. The predicted molar refractivity (Wildman–Crippen MR) is 111 cm³/mol. The van der Waals surface area contributed by atoms with Gasteiger partial charge in [0.15, 0.2) is 0 Å². The number of benzene rings is 2. The van der Waals surface area contributed by atoms with Crippen LogP contribution in [-0.2, 0) is 10.5 Å². The highest BCUT2D eigenvalue weighted by Gasteiger charge is 2.16. The van der Waals surface area contributed by atoms with Crippen molar-refractivity contribution in [2.75, 3.05) is 12.9 Å². The molecular formula is C21H26ClNO2S. The Labute approximate surface area is 165 Å². The Bertz CT molecular complexity index is 703. The van der Waals surface area contributed by atoms with E-state index in [1.54, 1.807) is 18.9 Å². The topological polar surface area (TPSA) is 38.3 Å². The van der Waals surface area contributed by atoms with Gasteiger partial charge in [0.25, 0.3) is 0 Å². The maximum Gasteiger partial charge on any atom is 0.230 e. The van der Waals surface area contributed by atoms with Crippen LogP contribution in [0.25, 0.3) is 0 Å². The van der Waals surface area contributed by atoms with Crippen molar-refractivity contribution in [1.82, 2.24) is 5.32 Å². The van der Waals surface area contributed by atoms with Crippen molar-refractivity contribution in [1.29, 1.82) is 0 Å². The average molecular weight is 392 g/mol. The number of methoxy groups -OCH3 is 1. The third kappa shape index (κ3) is 6.93. The molecule has 1 N–H and O–H groups in total. The summed E-state index contributed by atoms with van der Waals surface area (Å²) in [4.78, 5) is 12.4. The van der Waals surface area contributed by atoms with Crippen LogP contribution in [0.4, 0.5) is 0 Å². The van der Waals surface area contributed by atoms with E-state index in [4.69, 9.17) is 16.3 Å². The first-order chi connectivity index (χ1) is 12.5. The number of hydrogen-bond acceptors (Lipinski definition) is 3. The zero-order chi connectivity index (χ0) is 18.9. The molecule has 0 bridgehead atoms. The lowest BCUT2D eigenvalue weighted by Gasteiger charge is -2.21. The van der Waals surface area contributed by atoms with E-state index in [2.05, 4.69) is 19.2 Å². The number of rotatable bonds is 9. The average Bonchev–Trinajstić information content (AvgIpc) is 2.61. The van der Waals surface area contributed by atoms with Gasteiger partial charge in [-0.3, -0.25) is 4.79 Å². The Morgan fingerprint density at radius 2 is 1.92 bits per heavy atom. The van der Waals surface area contributed by atoms with Gasteiger partial charge in [-0.2, -0.15) is 0 Å². The standard InChI is InChI=1S/C21H26ClNO2S/c1-15(2)11-20(17-7-9-19(25-3)10-8-17)23-21(24)14-26-13-16-5-4-6-18(22)12-16/h4-10,12,15,20H,11,13-14H2,1-3H3,(H,23,24). The Balaban J connectivity index is 1.90. The molecule has 2 aromatic carbocycles. The summed E-state index contributed by atoms with van der Waals surface area (Å²) in [6.07, 6.45) is 0.900. The highest BCUT2D eigenvalue weighted by atomic mass is 35.5. The number of carbonyl (C=O) groups excluding carboxylic acids is 1. The number of thioether (sulfide) groups is 1. The second-order valence-electron chi connectivity index (χ2n) is 6.65. The zero-order valence-electron chi connectivity index (χ0n) is 15.5. The molecule has 0 fully saturated rings. The number of amides is 1. The van der Waals surface area contributed by atoms with Crippen LogP contribution in [-0.4, -0.2) is 18.8 Å². The Hall–Kier alpha value is -1.65. The molecule has 0 radical (unpaired) electrons. The van der Waals surface area contributed by atoms with E-state index in [0.717, 1.165) is 34.1 Å². The van der Waals surface area contributed by atoms with E-state index in [0.29, 0.717) is 11.7 Å². The molecule has 1 unspecified atom stereocenters. The van der Waals surface area contributed by atoms with Gasteiger partial charge in [-0.1, -0.05) is 49.7 Å². The normalized spacial score (nSPS) is 12.0. The Morgan fingerprint density at radius 3 is 2.54 bits per heavy atom. The number of hydrogen-bond donors (Lipinski definition) is 1. The number of nitrogens with one attached hydrogen (secondary N) is 1. The van der Waals surface area contributed by atoms with Crippen LogP contribution in [0, 0.1) is 5.92 Å². The van der Waals surface area contributed by atoms with Gasteiger partial charge < -0.3 is 10.1 Å². The quantitative estimate of drug-likeness (QED) is 0.614. The second-order valence-corrected chi connectivity index (χ2v) is 8.07. The molecule has 2 rings (SSSR count). The first-order valence-electron chi connectivity index (χ1n) is 8.73. The fourth-order valence-electron chi connectivity index (χ4n) is 2.71. The molecule has 26 heavy (non-hydrogen) atoms. The first-order valence-corrected chi connectivity index (χ1v) is 10.3. The van der Waals surface area contributed by atoms with Crippen LogP contribution >= 0.6 is 23.4 Å². The second kappa shape index (κ2) is 10.5. The lowest BCUT2D eigenvalue weighted by atomic mass is 9.97. The maximum absolute atomic E-state index is 12.4. The van der Waals surface area contributed by atoms with Crippen molar-refractivity contribution in [3.63, 3.8) is 0 Å². The van der Waals surface area contributed by atoms with E-state index < -0.39 is 0 Å². The molecule has 2 aromatic rings. The van der Waals surface area contributed by atoms with E-state index in [1.165, 1.54) is 0 Å². The van der Waals surface area contributed by atoms with Gasteiger partial charge in [-0.25, -0.2) is 0 Å². The molecule has 0 aliphatic heterocycles. The van der Waals surface area contributed by atoms with Gasteiger partial charge >= 0.3 is 0 Å². The lowest BCUT2D eigenvalue weighted by Crippen LogP contribution is -2.30. The first kappa shape index (κ1) is 20.7. The molecule has 3 nitrogen and oxygen atoms in total. The minimum atomic E-state index is 0.0141. The van der Waals surface area contributed by atoms with Crippen molar-refractivity contribution in [2.45, 2.75) is 32.1 Å². The molecule has 0 saturated heterocycles. The number of carbonyl (C=O) groups is 1. The molecular weight excluding hydrogens is 366 g/mol. The van der Waals surface area contributed by atoms with Crippen LogP contribution in [0.5, 0.6) is 5.75 Å². The summed E-state index contributed by atoms with van der Waals surface area (Å²) in [5, 5.41) is 3.90. The third-order valence-corrected chi connectivity index (χ3v) is 5.19. The zero-order valence-corrected chi connectivity index (χ0v) is 17.1. The molecule has 0 saturated carbocycles. The molecule has 0 aliphatic carbocycles. The Morgan fingerprint density at radius 1 is 1.19 bits per heavy atom. The van der Waals surface area contributed by atoms with Crippen molar-refractivity contribution in [3.05, 3.63) is 64.7 Å². The summed E-state index contributed by atoms with van der Waals surface area (Å²) in [6.45, 7) is 4.33. The summed E-state index contributed by atoms with van der Waals surface area (Å²) in [5.74, 6) is 2.56. The fraction of sp³-hybridized carbons (Fsp3) is 0.381. The molecule has 0 heterocycles. The van der Waals surface area contributed by atoms with Crippen molar-refractivity contribution in [2.24, 2.45) is 5.92 Å². The summed E-state index contributed by atoms with van der Waals surface area (Å²) in [6, 6.07) is 15.7. The van der Waals surface area contributed by atoms with Crippen molar-refractivity contribution >= 4 is 29.3 Å². The third-order valence-electron chi connectivity index (χ3n) is 3.95. The minimum absolute atomic E-state index is 0.0141. The van der Waals surface area contributed by atoms with Crippen LogP contribution in [0.1, 0.15) is 37.4 Å². The summed E-state index contributed by atoms with van der Waals surface area (Å²) in [7, 11) is 1.65. The van der Waals surface area contributed by atoms with Gasteiger partial charge in [0.1, 0.15) is 5.75 Å². The summed E-state index contributed by atoms with van der Waals surface area (Å²) < 4.78 is 5.21. The maximum atomic E-state index is 12.4. The van der Waals surface area contributed by atoms with E-state index in [-0.39, 0.29) is 11.9 Å². The molecule has 0 spiro atoms. The van der Waals surface area contributed by atoms with Crippen LogP contribution in [0.15, 0.2) is 48.5 Å². The van der Waals surface area contributed by atoms with Crippen LogP contribution in [0.3, 0.4) is 0 Å². The number of ether oxygens (including phenoxy) is 1. The highest BCUT2D eigenvalue weighted by Crippen LogP contribution is 2.24. The van der Waals surface area contributed by atoms with Crippen LogP contribution in [0.2, 0.25) is 5.02 Å². The lowest BCUT2D eigenvalue weighted by molar-refractivity contribution is -0.119. The summed E-state index contributed by atoms with van der Waals surface area (Å²) >= 11 is 7.59. The molecule has 1 amide bonds. The monoisotopic (exact) mass is 391 g/mol. The molecule has 0 aromatic heterocycles. The van der Waals surface area contributed by atoms with Crippen LogP contribution < -0.4 is 10.1 Å². The highest BCUT2D eigenvalue weighted by molar-refractivity contribution is 7.99.